The first-order valence-corrected chi connectivity index (χ1v) is 8.08. The highest BCUT2D eigenvalue weighted by molar-refractivity contribution is 5.86. The van der Waals surface area contributed by atoms with Crippen molar-refractivity contribution in [2.45, 2.75) is 13.5 Å². The second-order valence-electron chi connectivity index (χ2n) is 5.97. The molecule has 3 rings (SSSR count). The zero-order valence-corrected chi connectivity index (χ0v) is 14.3. The van der Waals surface area contributed by atoms with Crippen LogP contribution in [0.4, 0.5) is 0 Å². The van der Waals surface area contributed by atoms with Crippen LogP contribution < -0.4 is 15.6 Å². The molecular weight excluding hydrogens is 316 g/mol. The van der Waals surface area contributed by atoms with Crippen molar-refractivity contribution >= 4 is 16.8 Å². The summed E-state index contributed by atoms with van der Waals surface area (Å²) in [5, 5.41) is 3.62. The summed E-state index contributed by atoms with van der Waals surface area (Å²) < 4.78 is 7.15. The molecule has 1 amide bonds. The maximum absolute atomic E-state index is 12.0. The number of rotatable bonds is 5. The summed E-state index contributed by atoms with van der Waals surface area (Å²) in [6.07, 6.45) is 0. The molecule has 0 saturated heterocycles. The number of carbonyl (C=O) groups is 1. The molecule has 1 heterocycles. The predicted molar refractivity (Wildman–Crippen MR) is 97.7 cm³/mol. The minimum Gasteiger partial charge on any atom is -0.483 e. The third-order valence-electron chi connectivity index (χ3n) is 4.09. The average molecular weight is 336 g/mol. The van der Waals surface area contributed by atoms with Crippen LogP contribution in [0.25, 0.3) is 10.9 Å². The maximum Gasteiger partial charge on any atom is 0.258 e. The number of aryl methyl sites for hydroxylation is 2. The molecule has 1 aromatic heterocycles. The maximum atomic E-state index is 12.0. The van der Waals surface area contributed by atoms with Gasteiger partial charge in [-0.25, -0.2) is 0 Å². The summed E-state index contributed by atoms with van der Waals surface area (Å²) in [6.45, 7) is 2.33. The summed E-state index contributed by atoms with van der Waals surface area (Å²) in [7, 11) is 1.71. The number of ether oxygens (including phenoxy) is 1. The molecule has 25 heavy (non-hydrogen) atoms. The summed E-state index contributed by atoms with van der Waals surface area (Å²) in [5.41, 5.74) is 2.80. The SMILES string of the molecule is Cc1ccc(CNC(=O)COc2cc(=O)n(C)c3ccccc23)cc1. The van der Waals surface area contributed by atoms with E-state index in [0.717, 1.165) is 16.5 Å². The Morgan fingerprint density at radius 2 is 1.84 bits per heavy atom. The minimum atomic E-state index is -0.231. The topological polar surface area (TPSA) is 60.3 Å². The molecule has 2 aromatic carbocycles. The molecule has 0 fully saturated rings. The fourth-order valence-corrected chi connectivity index (χ4v) is 2.60. The van der Waals surface area contributed by atoms with Crippen molar-refractivity contribution in [3.05, 3.63) is 76.1 Å². The average Bonchev–Trinajstić information content (AvgIpc) is 2.63. The van der Waals surface area contributed by atoms with Gasteiger partial charge >= 0.3 is 0 Å². The first-order valence-electron chi connectivity index (χ1n) is 8.08. The lowest BCUT2D eigenvalue weighted by Gasteiger charge is -2.12. The van der Waals surface area contributed by atoms with Crippen molar-refractivity contribution in [3.63, 3.8) is 0 Å². The molecular formula is C20H20N2O3. The summed E-state index contributed by atoms with van der Waals surface area (Å²) in [6, 6.07) is 16.8. The lowest BCUT2D eigenvalue weighted by atomic mass is 10.1. The standard InChI is InChI=1S/C20H20N2O3/c1-14-7-9-15(10-8-14)12-21-19(23)13-25-18-11-20(24)22(2)17-6-4-3-5-16(17)18/h3-11H,12-13H2,1-2H3,(H,21,23). The molecule has 128 valence electrons. The number of hydrogen-bond donors (Lipinski definition) is 1. The first kappa shape index (κ1) is 16.8. The minimum absolute atomic E-state index is 0.136. The Morgan fingerprint density at radius 3 is 2.60 bits per heavy atom. The number of carbonyl (C=O) groups excluding carboxylic acids is 1. The Hall–Kier alpha value is -3.08. The number of para-hydroxylation sites is 1. The number of pyridine rings is 1. The molecule has 0 unspecified atom stereocenters. The number of aromatic nitrogens is 1. The lowest BCUT2D eigenvalue weighted by molar-refractivity contribution is -0.123. The van der Waals surface area contributed by atoms with Gasteiger partial charge in [0.1, 0.15) is 5.75 Å². The van der Waals surface area contributed by atoms with Gasteiger partial charge in [-0.15, -0.1) is 0 Å². The number of fused-ring (bicyclic) bond motifs is 1. The van der Waals surface area contributed by atoms with E-state index in [0.29, 0.717) is 12.3 Å². The van der Waals surface area contributed by atoms with E-state index in [2.05, 4.69) is 5.32 Å². The molecule has 0 aliphatic carbocycles. The van der Waals surface area contributed by atoms with Crippen LogP contribution in [0.15, 0.2) is 59.4 Å². The lowest BCUT2D eigenvalue weighted by Crippen LogP contribution is -2.28. The van der Waals surface area contributed by atoms with Gasteiger partial charge in [0, 0.05) is 25.0 Å². The van der Waals surface area contributed by atoms with Gasteiger partial charge in [-0.2, -0.15) is 0 Å². The zero-order valence-electron chi connectivity index (χ0n) is 14.3. The molecule has 3 aromatic rings. The smallest absolute Gasteiger partial charge is 0.258 e. The number of hydrogen-bond acceptors (Lipinski definition) is 3. The Labute approximate surface area is 145 Å². The summed E-state index contributed by atoms with van der Waals surface area (Å²) in [5.74, 6) is 0.189. The quantitative estimate of drug-likeness (QED) is 0.779. The van der Waals surface area contributed by atoms with Gasteiger partial charge in [0.2, 0.25) is 0 Å². The molecule has 0 spiro atoms. The van der Waals surface area contributed by atoms with Crippen LogP contribution in [-0.4, -0.2) is 17.1 Å². The van der Waals surface area contributed by atoms with Gasteiger partial charge < -0.3 is 14.6 Å². The van der Waals surface area contributed by atoms with E-state index < -0.39 is 0 Å². The van der Waals surface area contributed by atoms with Crippen molar-refractivity contribution in [2.75, 3.05) is 6.61 Å². The second kappa shape index (κ2) is 7.21. The number of nitrogens with one attached hydrogen (secondary N) is 1. The van der Waals surface area contributed by atoms with Crippen LogP contribution in [0.1, 0.15) is 11.1 Å². The van der Waals surface area contributed by atoms with Gasteiger partial charge in [0.25, 0.3) is 11.5 Å². The highest BCUT2D eigenvalue weighted by Gasteiger charge is 2.09. The third kappa shape index (κ3) is 3.88. The van der Waals surface area contributed by atoms with Gasteiger partial charge in [0.05, 0.1) is 5.52 Å². The molecule has 0 saturated carbocycles. The molecule has 5 heteroatoms. The van der Waals surface area contributed by atoms with Crippen LogP contribution in [0.2, 0.25) is 0 Å². The van der Waals surface area contributed by atoms with Gasteiger partial charge in [-0.3, -0.25) is 9.59 Å². The van der Waals surface area contributed by atoms with E-state index in [1.54, 1.807) is 11.6 Å². The number of nitrogens with zero attached hydrogens (tertiary/aromatic N) is 1. The largest absolute Gasteiger partial charge is 0.483 e. The predicted octanol–water partition coefficient (Wildman–Crippen LogP) is 2.54. The van der Waals surface area contributed by atoms with Crippen LogP contribution in [0.5, 0.6) is 5.75 Å². The van der Waals surface area contributed by atoms with E-state index >= 15 is 0 Å². The van der Waals surface area contributed by atoms with Gasteiger partial charge in [-0.1, -0.05) is 42.0 Å². The molecule has 5 nitrogen and oxygen atoms in total. The monoisotopic (exact) mass is 336 g/mol. The molecule has 0 aliphatic heterocycles. The van der Waals surface area contributed by atoms with Crippen LogP contribution in [0, 0.1) is 6.92 Å². The fraction of sp³-hybridized carbons (Fsp3) is 0.200. The van der Waals surface area contributed by atoms with E-state index in [4.69, 9.17) is 4.74 Å². The van der Waals surface area contributed by atoms with Crippen LogP contribution in [0.3, 0.4) is 0 Å². The summed E-state index contributed by atoms with van der Waals surface area (Å²) in [4.78, 5) is 24.0. The molecule has 0 aliphatic rings. The van der Waals surface area contributed by atoms with Crippen molar-refractivity contribution in [1.82, 2.24) is 9.88 Å². The Bertz CT molecular complexity index is 959. The van der Waals surface area contributed by atoms with Crippen molar-refractivity contribution in [1.29, 1.82) is 0 Å². The number of benzene rings is 2. The van der Waals surface area contributed by atoms with E-state index in [-0.39, 0.29) is 18.1 Å². The Balaban J connectivity index is 1.66. The zero-order chi connectivity index (χ0) is 17.8. The highest BCUT2D eigenvalue weighted by atomic mass is 16.5. The van der Waals surface area contributed by atoms with Crippen molar-refractivity contribution < 1.29 is 9.53 Å². The number of amides is 1. The van der Waals surface area contributed by atoms with Crippen molar-refractivity contribution in [2.24, 2.45) is 7.05 Å². The van der Waals surface area contributed by atoms with E-state index in [9.17, 15) is 9.59 Å². The van der Waals surface area contributed by atoms with Gasteiger partial charge in [-0.05, 0) is 24.6 Å². The fourth-order valence-electron chi connectivity index (χ4n) is 2.60. The Morgan fingerprint density at radius 1 is 1.12 bits per heavy atom. The normalized spacial score (nSPS) is 10.6. The van der Waals surface area contributed by atoms with E-state index in [1.165, 1.54) is 11.6 Å². The Kier molecular flexibility index (Phi) is 4.84. The molecule has 1 N–H and O–H groups in total. The van der Waals surface area contributed by atoms with E-state index in [1.807, 2.05) is 55.5 Å². The molecule has 0 atom stereocenters. The van der Waals surface area contributed by atoms with Crippen LogP contribution >= 0.6 is 0 Å². The molecule has 0 radical (unpaired) electrons. The van der Waals surface area contributed by atoms with Gasteiger partial charge in [0.15, 0.2) is 6.61 Å². The van der Waals surface area contributed by atoms with Crippen molar-refractivity contribution in [3.8, 4) is 5.75 Å². The highest BCUT2D eigenvalue weighted by Crippen LogP contribution is 2.22. The first-order chi connectivity index (χ1) is 12.0. The third-order valence-corrected chi connectivity index (χ3v) is 4.09. The molecule has 0 bridgehead atoms. The second-order valence-corrected chi connectivity index (χ2v) is 5.97. The summed E-state index contributed by atoms with van der Waals surface area (Å²) >= 11 is 0. The van der Waals surface area contributed by atoms with Crippen LogP contribution in [-0.2, 0) is 18.4 Å².